The van der Waals surface area contributed by atoms with Crippen LogP contribution in [0.2, 0.25) is 5.02 Å². The highest BCUT2D eigenvalue weighted by molar-refractivity contribution is 6.30. The summed E-state index contributed by atoms with van der Waals surface area (Å²) in [7, 11) is 0. The molecule has 3 rings (SSSR count). The van der Waals surface area contributed by atoms with Gasteiger partial charge >= 0.3 is 0 Å². The molecule has 30 heavy (non-hydrogen) atoms. The number of unbranched alkanes of at least 4 members (excludes halogenated alkanes) is 3. The first kappa shape index (κ1) is 26.2. The molecule has 0 bridgehead atoms. The van der Waals surface area contributed by atoms with Gasteiger partial charge in [0.05, 0.1) is 5.52 Å². The van der Waals surface area contributed by atoms with Crippen LogP contribution in [0.5, 0.6) is 0 Å². The van der Waals surface area contributed by atoms with Crippen LogP contribution < -0.4 is 11.1 Å². The molecule has 3 aromatic rings. The quantitative estimate of drug-likeness (QED) is 0.351. The Labute approximate surface area is 196 Å². The van der Waals surface area contributed by atoms with Gasteiger partial charge in [-0.3, -0.25) is 0 Å². The molecular formula is C23H29Cl3N4. The fourth-order valence-electron chi connectivity index (χ4n) is 3.04. The van der Waals surface area contributed by atoms with Crippen molar-refractivity contribution in [2.75, 3.05) is 18.4 Å². The largest absolute Gasteiger partial charge is 0.369 e. The number of hydrogen-bond acceptors (Lipinski definition) is 4. The van der Waals surface area contributed by atoms with Gasteiger partial charge in [-0.2, -0.15) is 0 Å². The van der Waals surface area contributed by atoms with Crippen molar-refractivity contribution in [2.45, 2.75) is 32.6 Å². The summed E-state index contributed by atoms with van der Waals surface area (Å²) in [6.07, 6.45) is 8.49. The maximum Gasteiger partial charge on any atom is 0.154 e. The molecule has 0 fully saturated rings. The van der Waals surface area contributed by atoms with Crippen molar-refractivity contribution in [1.29, 1.82) is 0 Å². The van der Waals surface area contributed by atoms with Gasteiger partial charge in [0, 0.05) is 17.0 Å². The van der Waals surface area contributed by atoms with E-state index in [0.717, 1.165) is 53.2 Å². The number of nitrogens with zero attached hydrogens (tertiary/aromatic N) is 2. The minimum atomic E-state index is 0. The first-order valence-corrected chi connectivity index (χ1v) is 10.2. The third-order valence-electron chi connectivity index (χ3n) is 4.59. The standard InChI is InChI=1S/C23H27ClN4.2ClH/c1-17-6-12-21-20(16-17)23(26-15-5-3-2-4-14-25)28-22(27-21)13-9-18-7-10-19(24)11-8-18;;/h6-13,16H,2-5,14-15,25H2,1H3,(H,26,27,28);2*1H. The Balaban J connectivity index is 0.00000225. The van der Waals surface area contributed by atoms with Crippen LogP contribution in [0.1, 0.15) is 42.6 Å². The molecule has 4 nitrogen and oxygen atoms in total. The van der Waals surface area contributed by atoms with Crippen LogP contribution in [-0.4, -0.2) is 23.1 Å². The summed E-state index contributed by atoms with van der Waals surface area (Å²) >= 11 is 5.95. The predicted octanol–water partition coefficient (Wildman–Crippen LogP) is 6.54. The van der Waals surface area contributed by atoms with E-state index in [2.05, 4.69) is 30.4 Å². The van der Waals surface area contributed by atoms with E-state index in [0.29, 0.717) is 5.82 Å². The molecule has 3 N–H and O–H groups in total. The van der Waals surface area contributed by atoms with Crippen molar-refractivity contribution < 1.29 is 0 Å². The molecule has 2 aromatic carbocycles. The summed E-state index contributed by atoms with van der Waals surface area (Å²) in [4.78, 5) is 9.45. The van der Waals surface area contributed by atoms with Gasteiger partial charge in [0.1, 0.15) is 5.82 Å². The molecule has 7 heteroatoms. The summed E-state index contributed by atoms with van der Waals surface area (Å²) in [5.41, 5.74) is 8.77. The molecule has 162 valence electrons. The molecule has 0 spiro atoms. The van der Waals surface area contributed by atoms with Gasteiger partial charge in [0.25, 0.3) is 0 Å². The Morgan fingerprint density at radius 2 is 1.67 bits per heavy atom. The zero-order valence-corrected chi connectivity index (χ0v) is 19.5. The number of anilines is 1. The first-order valence-electron chi connectivity index (χ1n) is 9.82. The molecule has 0 amide bonds. The van der Waals surface area contributed by atoms with Crippen molar-refractivity contribution in [3.63, 3.8) is 0 Å². The molecule has 0 radical (unpaired) electrons. The van der Waals surface area contributed by atoms with Crippen LogP contribution in [0.3, 0.4) is 0 Å². The van der Waals surface area contributed by atoms with Gasteiger partial charge in [0.15, 0.2) is 5.82 Å². The monoisotopic (exact) mass is 466 g/mol. The van der Waals surface area contributed by atoms with Crippen LogP contribution in [0.4, 0.5) is 5.82 Å². The fraction of sp³-hybridized carbons (Fsp3) is 0.304. The Morgan fingerprint density at radius 1 is 0.933 bits per heavy atom. The lowest BCUT2D eigenvalue weighted by Crippen LogP contribution is -2.06. The van der Waals surface area contributed by atoms with Crippen LogP contribution in [0, 0.1) is 6.92 Å². The number of aromatic nitrogens is 2. The van der Waals surface area contributed by atoms with Crippen molar-refractivity contribution in [3.05, 3.63) is 64.4 Å². The normalized spacial score (nSPS) is 10.6. The van der Waals surface area contributed by atoms with E-state index in [4.69, 9.17) is 27.3 Å². The maximum absolute atomic E-state index is 5.95. The number of halogens is 3. The molecule has 1 aromatic heterocycles. The van der Waals surface area contributed by atoms with E-state index >= 15 is 0 Å². The number of fused-ring (bicyclic) bond motifs is 1. The highest BCUT2D eigenvalue weighted by Gasteiger charge is 2.07. The molecule has 0 saturated heterocycles. The van der Waals surface area contributed by atoms with E-state index in [-0.39, 0.29) is 24.8 Å². The van der Waals surface area contributed by atoms with Gasteiger partial charge in [-0.1, -0.05) is 54.3 Å². The van der Waals surface area contributed by atoms with Crippen LogP contribution in [0.15, 0.2) is 42.5 Å². The zero-order chi connectivity index (χ0) is 19.8. The Bertz CT molecular complexity index is 943. The van der Waals surface area contributed by atoms with Gasteiger partial charge in [-0.25, -0.2) is 9.97 Å². The topological polar surface area (TPSA) is 63.8 Å². The average Bonchev–Trinajstić information content (AvgIpc) is 2.70. The van der Waals surface area contributed by atoms with Crippen molar-refractivity contribution in [1.82, 2.24) is 9.97 Å². The zero-order valence-electron chi connectivity index (χ0n) is 17.1. The van der Waals surface area contributed by atoms with E-state index in [9.17, 15) is 0 Å². The van der Waals surface area contributed by atoms with Gasteiger partial charge in [-0.05, 0) is 62.2 Å². The second-order valence-corrected chi connectivity index (χ2v) is 7.40. The minimum absolute atomic E-state index is 0. The maximum atomic E-state index is 5.95. The van der Waals surface area contributed by atoms with Crippen molar-refractivity contribution in [3.8, 4) is 0 Å². The molecular weight excluding hydrogens is 439 g/mol. The van der Waals surface area contributed by atoms with E-state index < -0.39 is 0 Å². The SMILES string of the molecule is Cc1ccc2nc(C=Cc3ccc(Cl)cc3)nc(NCCCCCCN)c2c1.Cl.Cl. The first-order chi connectivity index (χ1) is 13.7. The number of aryl methyl sites for hydroxylation is 1. The summed E-state index contributed by atoms with van der Waals surface area (Å²) in [6, 6.07) is 14.0. The molecule has 0 aliphatic heterocycles. The molecule has 0 aliphatic rings. The van der Waals surface area contributed by atoms with Crippen LogP contribution >= 0.6 is 36.4 Å². The Kier molecular flexibility index (Phi) is 11.7. The summed E-state index contributed by atoms with van der Waals surface area (Å²) in [5.74, 6) is 1.58. The lowest BCUT2D eigenvalue weighted by atomic mass is 10.1. The van der Waals surface area contributed by atoms with Crippen LogP contribution in [-0.2, 0) is 0 Å². The number of benzene rings is 2. The second kappa shape index (κ2) is 13.5. The third kappa shape index (κ3) is 7.77. The molecule has 1 heterocycles. The Morgan fingerprint density at radius 3 is 2.40 bits per heavy atom. The van der Waals surface area contributed by atoms with E-state index in [1.807, 2.05) is 36.4 Å². The third-order valence-corrected chi connectivity index (χ3v) is 4.84. The highest BCUT2D eigenvalue weighted by atomic mass is 35.5. The second-order valence-electron chi connectivity index (χ2n) is 6.97. The molecule has 0 atom stereocenters. The average molecular weight is 468 g/mol. The predicted molar refractivity (Wildman–Crippen MR) is 135 cm³/mol. The summed E-state index contributed by atoms with van der Waals surface area (Å²) in [5, 5.41) is 5.29. The van der Waals surface area contributed by atoms with Crippen LogP contribution in [0.25, 0.3) is 23.1 Å². The van der Waals surface area contributed by atoms with Crippen molar-refractivity contribution >= 4 is 65.3 Å². The lowest BCUT2D eigenvalue weighted by Gasteiger charge is -2.10. The number of hydrogen-bond donors (Lipinski definition) is 2. The molecule has 0 saturated carbocycles. The number of nitrogens with two attached hydrogens (primary N) is 1. The highest BCUT2D eigenvalue weighted by Crippen LogP contribution is 2.23. The molecule has 0 aliphatic carbocycles. The van der Waals surface area contributed by atoms with Gasteiger partial charge in [-0.15, -0.1) is 24.8 Å². The Hall–Kier alpha value is -1.85. The smallest absolute Gasteiger partial charge is 0.154 e. The van der Waals surface area contributed by atoms with E-state index in [1.54, 1.807) is 0 Å². The fourth-order valence-corrected chi connectivity index (χ4v) is 3.17. The summed E-state index contributed by atoms with van der Waals surface area (Å²) < 4.78 is 0. The molecule has 0 unspecified atom stereocenters. The number of rotatable bonds is 9. The van der Waals surface area contributed by atoms with E-state index in [1.165, 1.54) is 18.4 Å². The van der Waals surface area contributed by atoms with Crippen molar-refractivity contribution in [2.24, 2.45) is 5.73 Å². The van der Waals surface area contributed by atoms with Gasteiger partial charge in [0.2, 0.25) is 0 Å². The lowest BCUT2D eigenvalue weighted by molar-refractivity contribution is 0.661. The summed E-state index contributed by atoms with van der Waals surface area (Å²) in [6.45, 7) is 3.75. The van der Waals surface area contributed by atoms with Gasteiger partial charge < -0.3 is 11.1 Å². The minimum Gasteiger partial charge on any atom is -0.369 e. The number of nitrogens with one attached hydrogen (secondary N) is 1.